The van der Waals surface area contributed by atoms with Crippen LogP contribution < -0.4 is 4.74 Å². The fourth-order valence-electron chi connectivity index (χ4n) is 3.43. The number of halogens is 1. The molecule has 1 unspecified atom stereocenters. The minimum Gasteiger partial charge on any atom is -0.497 e. The molecule has 3 rings (SSSR count). The molecule has 1 atom stereocenters. The van der Waals surface area contributed by atoms with Crippen LogP contribution in [-0.4, -0.2) is 36.1 Å². The Morgan fingerprint density at radius 1 is 1.15 bits per heavy atom. The van der Waals surface area contributed by atoms with E-state index in [0.717, 1.165) is 29.7 Å². The number of benzene rings is 2. The number of hydrogen-bond acceptors (Lipinski definition) is 3. The van der Waals surface area contributed by atoms with E-state index in [1.807, 2.05) is 29.2 Å². The zero-order valence-electron chi connectivity index (χ0n) is 14.9. The zero-order valence-corrected chi connectivity index (χ0v) is 14.9. The minimum atomic E-state index is -0.616. The summed E-state index contributed by atoms with van der Waals surface area (Å²) in [6.45, 7) is 1.27. The van der Waals surface area contributed by atoms with Crippen molar-refractivity contribution < 1.29 is 19.0 Å². The topological polar surface area (TPSA) is 49.8 Å². The third-order valence-electron chi connectivity index (χ3n) is 5.06. The van der Waals surface area contributed by atoms with Crippen molar-refractivity contribution in [1.29, 1.82) is 0 Å². The normalized spacial score (nSPS) is 16.3. The van der Waals surface area contributed by atoms with Crippen LogP contribution in [0.2, 0.25) is 0 Å². The number of hydrogen-bond donors (Lipinski definition) is 1. The Labute approximate surface area is 153 Å². The molecule has 138 valence electrons. The van der Waals surface area contributed by atoms with Gasteiger partial charge in [0, 0.05) is 13.1 Å². The highest BCUT2D eigenvalue weighted by molar-refractivity contribution is 5.78. The van der Waals surface area contributed by atoms with E-state index in [0.29, 0.717) is 19.5 Å². The summed E-state index contributed by atoms with van der Waals surface area (Å²) in [5.41, 5.74) is 1.69. The van der Waals surface area contributed by atoms with Crippen LogP contribution in [0.1, 0.15) is 30.1 Å². The summed E-state index contributed by atoms with van der Waals surface area (Å²) < 4.78 is 18.1. The average Bonchev–Trinajstić information content (AvgIpc) is 2.69. The van der Waals surface area contributed by atoms with E-state index in [9.17, 15) is 14.3 Å². The molecule has 0 saturated carbocycles. The first kappa shape index (κ1) is 18.4. The lowest BCUT2D eigenvalue weighted by Crippen LogP contribution is -2.40. The number of aliphatic hydroxyl groups excluding tert-OH is 1. The molecule has 0 spiro atoms. The van der Waals surface area contributed by atoms with E-state index < -0.39 is 6.10 Å². The van der Waals surface area contributed by atoms with Crippen LogP contribution in [0.15, 0.2) is 48.5 Å². The van der Waals surface area contributed by atoms with Gasteiger partial charge in [0.2, 0.25) is 5.91 Å². The van der Waals surface area contributed by atoms with Gasteiger partial charge in [0.25, 0.3) is 0 Å². The van der Waals surface area contributed by atoms with Gasteiger partial charge in [-0.3, -0.25) is 4.79 Å². The number of amides is 1. The molecular formula is C21H24FNO3. The van der Waals surface area contributed by atoms with Crippen molar-refractivity contribution in [1.82, 2.24) is 4.90 Å². The lowest BCUT2D eigenvalue weighted by molar-refractivity contribution is -0.132. The molecular weight excluding hydrogens is 333 g/mol. The highest BCUT2D eigenvalue weighted by Crippen LogP contribution is 2.31. The third kappa shape index (κ3) is 4.41. The van der Waals surface area contributed by atoms with E-state index in [4.69, 9.17) is 4.74 Å². The van der Waals surface area contributed by atoms with Crippen molar-refractivity contribution in [3.8, 4) is 5.75 Å². The SMILES string of the molecule is COc1ccc(CC(=O)N2CCC(C(O)c3ccc(F)cc3)CC2)cc1. The van der Waals surface area contributed by atoms with Gasteiger partial charge < -0.3 is 14.7 Å². The molecule has 1 fully saturated rings. The Kier molecular flexibility index (Phi) is 5.89. The molecule has 1 heterocycles. The summed E-state index contributed by atoms with van der Waals surface area (Å²) in [4.78, 5) is 14.4. The molecule has 26 heavy (non-hydrogen) atoms. The molecule has 0 aliphatic carbocycles. The molecule has 0 bridgehead atoms. The van der Waals surface area contributed by atoms with E-state index in [2.05, 4.69) is 0 Å². The number of aliphatic hydroxyl groups is 1. The number of carbonyl (C=O) groups excluding carboxylic acids is 1. The second-order valence-corrected chi connectivity index (χ2v) is 6.74. The Bertz CT molecular complexity index is 722. The smallest absolute Gasteiger partial charge is 0.226 e. The number of ether oxygens (including phenoxy) is 1. The van der Waals surface area contributed by atoms with Crippen molar-refractivity contribution in [2.75, 3.05) is 20.2 Å². The van der Waals surface area contributed by atoms with Crippen LogP contribution in [0.3, 0.4) is 0 Å². The summed E-state index contributed by atoms with van der Waals surface area (Å²) in [5.74, 6) is 0.659. The number of carbonyl (C=O) groups is 1. The van der Waals surface area contributed by atoms with Gasteiger partial charge in [0.05, 0.1) is 19.6 Å². The van der Waals surface area contributed by atoms with E-state index >= 15 is 0 Å². The van der Waals surface area contributed by atoms with Gasteiger partial charge in [-0.05, 0) is 54.2 Å². The second kappa shape index (κ2) is 8.32. The van der Waals surface area contributed by atoms with Crippen LogP contribution in [0, 0.1) is 11.7 Å². The number of methoxy groups -OCH3 is 1. The zero-order chi connectivity index (χ0) is 18.5. The van der Waals surface area contributed by atoms with Crippen LogP contribution in [0.5, 0.6) is 5.75 Å². The van der Waals surface area contributed by atoms with Crippen LogP contribution >= 0.6 is 0 Å². The molecule has 1 N–H and O–H groups in total. The molecule has 0 aromatic heterocycles. The number of likely N-dealkylation sites (tertiary alicyclic amines) is 1. The third-order valence-corrected chi connectivity index (χ3v) is 5.06. The molecule has 2 aromatic rings. The molecule has 5 heteroatoms. The molecule has 1 aliphatic heterocycles. The van der Waals surface area contributed by atoms with Crippen molar-refractivity contribution in [3.63, 3.8) is 0 Å². The van der Waals surface area contributed by atoms with E-state index in [-0.39, 0.29) is 17.6 Å². The van der Waals surface area contributed by atoms with Gasteiger partial charge in [-0.25, -0.2) is 4.39 Å². The largest absolute Gasteiger partial charge is 0.497 e. The molecule has 1 amide bonds. The van der Waals surface area contributed by atoms with Crippen LogP contribution in [0.25, 0.3) is 0 Å². The quantitative estimate of drug-likeness (QED) is 0.893. The van der Waals surface area contributed by atoms with Crippen molar-refractivity contribution in [2.45, 2.75) is 25.4 Å². The number of nitrogens with zero attached hydrogens (tertiary/aromatic N) is 1. The highest BCUT2D eigenvalue weighted by Gasteiger charge is 2.28. The number of rotatable bonds is 5. The van der Waals surface area contributed by atoms with Gasteiger partial charge >= 0.3 is 0 Å². The first-order valence-electron chi connectivity index (χ1n) is 8.91. The Balaban J connectivity index is 1.52. The molecule has 4 nitrogen and oxygen atoms in total. The lowest BCUT2D eigenvalue weighted by atomic mass is 9.87. The monoisotopic (exact) mass is 357 g/mol. The van der Waals surface area contributed by atoms with Gasteiger partial charge in [-0.1, -0.05) is 24.3 Å². The maximum absolute atomic E-state index is 13.0. The van der Waals surface area contributed by atoms with Gasteiger partial charge in [0.1, 0.15) is 11.6 Å². The lowest BCUT2D eigenvalue weighted by Gasteiger charge is -2.34. The molecule has 2 aromatic carbocycles. The first-order valence-corrected chi connectivity index (χ1v) is 8.91. The van der Waals surface area contributed by atoms with Crippen LogP contribution in [0.4, 0.5) is 4.39 Å². The summed E-state index contributed by atoms with van der Waals surface area (Å²) in [6, 6.07) is 13.5. The summed E-state index contributed by atoms with van der Waals surface area (Å²) in [5, 5.41) is 10.5. The maximum atomic E-state index is 13.0. The highest BCUT2D eigenvalue weighted by atomic mass is 19.1. The minimum absolute atomic E-state index is 0.0884. The molecule has 1 aliphatic rings. The second-order valence-electron chi connectivity index (χ2n) is 6.74. The predicted molar refractivity (Wildman–Crippen MR) is 97.4 cm³/mol. The Morgan fingerprint density at radius 3 is 2.35 bits per heavy atom. The summed E-state index contributed by atoms with van der Waals surface area (Å²) in [7, 11) is 1.62. The van der Waals surface area contributed by atoms with Crippen molar-refractivity contribution in [3.05, 3.63) is 65.5 Å². The molecule has 1 saturated heterocycles. The maximum Gasteiger partial charge on any atom is 0.226 e. The van der Waals surface area contributed by atoms with Gasteiger partial charge in [-0.15, -0.1) is 0 Å². The average molecular weight is 357 g/mol. The molecule has 0 radical (unpaired) electrons. The van der Waals surface area contributed by atoms with Crippen molar-refractivity contribution >= 4 is 5.91 Å². The Hall–Kier alpha value is -2.40. The summed E-state index contributed by atoms with van der Waals surface area (Å²) in [6.07, 6.45) is 1.24. The fraction of sp³-hybridized carbons (Fsp3) is 0.381. The van der Waals surface area contributed by atoms with E-state index in [1.54, 1.807) is 19.2 Å². The van der Waals surface area contributed by atoms with Gasteiger partial charge in [0.15, 0.2) is 0 Å². The summed E-state index contributed by atoms with van der Waals surface area (Å²) >= 11 is 0. The standard InChI is InChI=1S/C21H24FNO3/c1-26-19-8-2-15(3-9-19)14-20(24)23-12-10-17(11-13-23)21(25)16-4-6-18(22)7-5-16/h2-9,17,21,25H,10-14H2,1H3. The van der Waals surface area contributed by atoms with Crippen molar-refractivity contribution in [2.24, 2.45) is 5.92 Å². The van der Waals surface area contributed by atoms with Gasteiger partial charge in [-0.2, -0.15) is 0 Å². The fourth-order valence-corrected chi connectivity index (χ4v) is 3.43. The number of piperidine rings is 1. The van der Waals surface area contributed by atoms with E-state index in [1.165, 1.54) is 12.1 Å². The first-order chi connectivity index (χ1) is 12.6. The Morgan fingerprint density at radius 2 is 1.77 bits per heavy atom. The predicted octanol–water partition coefficient (Wildman–Crippen LogP) is 3.35. The van der Waals surface area contributed by atoms with Crippen LogP contribution in [-0.2, 0) is 11.2 Å².